The van der Waals surface area contributed by atoms with E-state index in [9.17, 15) is 14.7 Å². The molecule has 0 amide bonds. The summed E-state index contributed by atoms with van der Waals surface area (Å²) in [4.78, 5) is 30.6. The minimum Gasteiger partial charge on any atom is -0.478 e. The van der Waals surface area contributed by atoms with E-state index < -0.39 is 11.9 Å². The van der Waals surface area contributed by atoms with Gasteiger partial charge in [0, 0.05) is 41.7 Å². The topological polar surface area (TPSA) is 90.7 Å². The number of thiophene rings is 1. The number of aliphatic carboxylic acids is 1. The number of pyridine rings is 1. The number of rotatable bonds is 10. The molecule has 3 aromatic rings. The number of carboxylic acid groups (broad SMARTS) is 2. The molecule has 0 saturated heterocycles. The minimum absolute atomic E-state index is 0.243. The summed E-state index contributed by atoms with van der Waals surface area (Å²) in [5, 5.41) is 20.8. The highest BCUT2D eigenvalue weighted by atomic mass is 32.1. The highest BCUT2D eigenvalue weighted by molar-refractivity contribution is 7.09. The van der Waals surface area contributed by atoms with Crippen LogP contribution in [0, 0.1) is 0 Å². The first kappa shape index (κ1) is 22.2. The summed E-state index contributed by atoms with van der Waals surface area (Å²) in [6.07, 6.45) is 4.63. The summed E-state index contributed by atoms with van der Waals surface area (Å²) < 4.78 is 0. The number of benzene rings is 1. The van der Waals surface area contributed by atoms with Gasteiger partial charge in [0.15, 0.2) is 0 Å². The maximum Gasteiger partial charge on any atom is 0.335 e. The third kappa shape index (κ3) is 6.02. The van der Waals surface area contributed by atoms with Gasteiger partial charge in [0.1, 0.15) is 5.82 Å². The largest absolute Gasteiger partial charge is 0.478 e. The SMILES string of the molecule is CCCN(Cc1ccc(C(=O)O)cc1)c1ncccc1C=C(Cc1cccs1)C(=O)O. The smallest absolute Gasteiger partial charge is 0.335 e. The van der Waals surface area contributed by atoms with E-state index in [0.29, 0.717) is 24.4 Å². The predicted octanol–water partition coefficient (Wildman–Crippen LogP) is 4.97. The van der Waals surface area contributed by atoms with E-state index in [1.54, 1.807) is 42.6 Å². The molecule has 0 aliphatic heterocycles. The molecule has 0 bridgehead atoms. The molecular weight excluding hydrogens is 412 g/mol. The van der Waals surface area contributed by atoms with Crippen molar-refractivity contribution in [3.05, 3.63) is 87.2 Å². The average molecular weight is 437 g/mol. The van der Waals surface area contributed by atoms with Gasteiger partial charge in [-0.3, -0.25) is 0 Å². The predicted molar refractivity (Wildman–Crippen MR) is 123 cm³/mol. The molecule has 3 rings (SSSR count). The number of carboxylic acids is 2. The Bertz CT molecular complexity index is 1060. The molecule has 6 nitrogen and oxygen atoms in total. The van der Waals surface area contributed by atoms with Gasteiger partial charge < -0.3 is 15.1 Å². The summed E-state index contributed by atoms with van der Waals surface area (Å²) in [5.41, 5.74) is 2.24. The molecular formula is C24H24N2O4S. The molecule has 0 unspecified atom stereocenters. The number of hydrogen-bond acceptors (Lipinski definition) is 5. The van der Waals surface area contributed by atoms with Gasteiger partial charge in [-0.05, 0) is 53.8 Å². The van der Waals surface area contributed by atoms with Crippen LogP contribution in [0.4, 0.5) is 5.82 Å². The highest BCUT2D eigenvalue weighted by Crippen LogP contribution is 2.24. The van der Waals surface area contributed by atoms with Crippen molar-refractivity contribution in [3.8, 4) is 0 Å². The minimum atomic E-state index is -0.957. The number of nitrogens with zero attached hydrogens (tertiary/aromatic N) is 2. The molecule has 0 fully saturated rings. The van der Waals surface area contributed by atoms with E-state index in [2.05, 4.69) is 16.8 Å². The Hall–Kier alpha value is -3.45. The number of aromatic carboxylic acids is 1. The Morgan fingerprint density at radius 3 is 2.48 bits per heavy atom. The van der Waals surface area contributed by atoms with Crippen LogP contribution >= 0.6 is 11.3 Å². The second kappa shape index (κ2) is 10.5. The van der Waals surface area contributed by atoms with E-state index in [1.165, 1.54) is 11.3 Å². The van der Waals surface area contributed by atoms with Crippen molar-refractivity contribution >= 4 is 35.2 Å². The van der Waals surface area contributed by atoms with Gasteiger partial charge >= 0.3 is 11.9 Å². The lowest BCUT2D eigenvalue weighted by Gasteiger charge is -2.25. The Labute approximate surface area is 185 Å². The van der Waals surface area contributed by atoms with Crippen LogP contribution < -0.4 is 4.90 Å². The molecule has 0 spiro atoms. The molecule has 31 heavy (non-hydrogen) atoms. The Kier molecular flexibility index (Phi) is 7.56. The fourth-order valence-corrected chi connectivity index (χ4v) is 3.99. The van der Waals surface area contributed by atoms with Crippen LogP contribution in [0.1, 0.15) is 39.7 Å². The zero-order chi connectivity index (χ0) is 22.2. The summed E-state index contributed by atoms with van der Waals surface area (Å²) in [6.45, 7) is 3.34. The molecule has 7 heteroatoms. The lowest BCUT2D eigenvalue weighted by molar-refractivity contribution is -0.132. The molecule has 1 aromatic carbocycles. The number of hydrogen-bond donors (Lipinski definition) is 2. The van der Waals surface area contributed by atoms with Gasteiger partial charge in [0.2, 0.25) is 0 Å². The van der Waals surface area contributed by atoms with Crippen molar-refractivity contribution in [2.75, 3.05) is 11.4 Å². The first-order valence-electron chi connectivity index (χ1n) is 9.96. The van der Waals surface area contributed by atoms with Crippen LogP contribution in [0.5, 0.6) is 0 Å². The van der Waals surface area contributed by atoms with Crippen molar-refractivity contribution in [3.63, 3.8) is 0 Å². The maximum atomic E-state index is 11.9. The van der Waals surface area contributed by atoms with Crippen molar-refractivity contribution in [1.29, 1.82) is 0 Å². The third-order valence-corrected chi connectivity index (χ3v) is 5.61. The van der Waals surface area contributed by atoms with Crippen molar-refractivity contribution in [1.82, 2.24) is 4.98 Å². The summed E-state index contributed by atoms with van der Waals surface area (Å²) in [7, 11) is 0. The fraction of sp³-hybridized carbons (Fsp3) is 0.208. The lowest BCUT2D eigenvalue weighted by atomic mass is 10.1. The van der Waals surface area contributed by atoms with Gasteiger partial charge in [-0.25, -0.2) is 14.6 Å². The molecule has 2 aromatic heterocycles. The van der Waals surface area contributed by atoms with Crippen LogP contribution in [0.15, 0.2) is 65.7 Å². The van der Waals surface area contributed by atoms with Crippen LogP contribution in [-0.4, -0.2) is 33.7 Å². The Morgan fingerprint density at radius 1 is 1.10 bits per heavy atom. The van der Waals surface area contributed by atoms with Gasteiger partial charge in [-0.15, -0.1) is 11.3 Å². The van der Waals surface area contributed by atoms with Crippen molar-refractivity contribution in [2.24, 2.45) is 0 Å². The number of carbonyl (C=O) groups is 2. The van der Waals surface area contributed by atoms with E-state index in [4.69, 9.17) is 5.11 Å². The maximum absolute atomic E-state index is 11.9. The second-order valence-corrected chi connectivity index (χ2v) is 8.10. The zero-order valence-corrected chi connectivity index (χ0v) is 18.0. The van der Waals surface area contributed by atoms with E-state index >= 15 is 0 Å². The van der Waals surface area contributed by atoms with Crippen LogP contribution in [-0.2, 0) is 17.8 Å². The average Bonchev–Trinajstić information content (AvgIpc) is 3.27. The molecule has 0 saturated carbocycles. The van der Waals surface area contributed by atoms with E-state index in [0.717, 1.165) is 29.0 Å². The van der Waals surface area contributed by atoms with Gasteiger partial charge in [-0.1, -0.05) is 25.1 Å². The molecule has 160 valence electrons. The van der Waals surface area contributed by atoms with Gasteiger partial charge in [-0.2, -0.15) is 0 Å². The van der Waals surface area contributed by atoms with Crippen LogP contribution in [0.2, 0.25) is 0 Å². The third-order valence-electron chi connectivity index (χ3n) is 4.73. The molecule has 2 heterocycles. The standard InChI is InChI=1S/C24H24N2O4S/c1-2-12-26(16-17-7-9-18(10-8-17)23(27)28)22-19(5-3-11-25-22)14-20(24(29)30)15-21-6-4-13-31-21/h3-11,13-14H,2,12,15-16H2,1H3,(H,27,28)(H,29,30). The normalized spacial score (nSPS) is 11.3. The monoisotopic (exact) mass is 436 g/mol. The first-order valence-corrected chi connectivity index (χ1v) is 10.8. The second-order valence-electron chi connectivity index (χ2n) is 7.07. The molecule has 0 aliphatic carbocycles. The van der Waals surface area contributed by atoms with E-state index in [-0.39, 0.29) is 5.56 Å². The number of aromatic nitrogens is 1. The molecule has 0 atom stereocenters. The zero-order valence-electron chi connectivity index (χ0n) is 17.2. The summed E-state index contributed by atoms with van der Waals surface area (Å²) >= 11 is 1.53. The molecule has 0 radical (unpaired) electrons. The molecule has 2 N–H and O–H groups in total. The fourth-order valence-electron chi connectivity index (χ4n) is 3.27. The van der Waals surface area contributed by atoms with Crippen LogP contribution in [0.25, 0.3) is 6.08 Å². The lowest BCUT2D eigenvalue weighted by Crippen LogP contribution is -2.25. The van der Waals surface area contributed by atoms with Crippen molar-refractivity contribution < 1.29 is 19.8 Å². The van der Waals surface area contributed by atoms with Crippen molar-refractivity contribution in [2.45, 2.75) is 26.3 Å². The van der Waals surface area contributed by atoms with Gasteiger partial charge in [0.05, 0.1) is 5.56 Å². The first-order chi connectivity index (χ1) is 15.0. The Balaban J connectivity index is 1.92. The summed E-state index contributed by atoms with van der Waals surface area (Å²) in [5.74, 6) is -1.20. The van der Waals surface area contributed by atoms with E-state index in [1.807, 2.05) is 23.6 Å². The van der Waals surface area contributed by atoms with Gasteiger partial charge in [0.25, 0.3) is 0 Å². The quantitative estimate of drug-likeness (QED) is 0.436. The number of anilines is 1. The molecule has 0 aliphatic rings. The van der Waals surface area contributed by atoms with Crippen LogP contribution in [0.3, 0.4) is 0 Å². The summed E-state index contributed by atoms with van der Waals surface area (Å²) in [6, 6.07) is 14.3. The highest BCUT2D eigenvalue weighted by Gasteiger charge is 2.15. The Morgan fingerprint density at radius 2 is 1.87 bits per heavy atom.